The Labute approximate surface area is 260 Å². The van der Waals surface area contributed by atoms with E-state index < -0.39 is 72.2 Å². The highest BCUT2D eigenvalue weighted by Gasteiger charge is 2.40. The number of methoxy groups -OCH3 is 1. The van der Waals surface area contributed by atoms with Crippen molar-refractivity contribution in [3.63, 3.8) is 0 Å². The summed E-state index contributed by atoms with van der Waals surface area (Å²) in [6.45, 7) is 12.6. The third-order valence-corrected chi connectivity index (χ3v) is 7.42. The Morgan fingerprint density at radius 1 is 0.909 bits per heavy atom. The molecule has 0 spiro atoms. The maximum atomic E-state index is 13.5. The third kappa shape index (κ3) is 11.8. The van der Waals surface area contributed by atoms with Gasteiger partial charge in [-0.25, -0.2) is 9.59 Å². The molecule has 0 aromatic carbocycles. The summed E-state index contributed by atoms with van der Waals surface area (Å²) >= 11 is 0. The number of amides is 5. The summed E-state index contributed by atoms with van der Waals surface area (Å²) in [5.41, 5.74) is 0. The molecular weight excluding hydrogens is 574 g/mol. The molecule has 1 rings (SSSR count). The molecule has 14 heteroatoms. The number of rotatable bonds is 17. The summed E-state index contributed by atoms with van der Waals surface area (Å²) in [7, 11) is 1.21. The van der Waals surface area contributed by atoms with Gasteiger partial charge in [0.1, 0.15) is 18.1 Å². The van der Waals surface area contributed by atoms with E-state index in [-0.39, 0.29) is 37.3 Å². The van der Waals surface area contributed by atoms with E-state index in [4.69, 9.17) is 9.47 Å². The zero-order valence-electron chi connectivity index (χ0n) is 27.3. The molecule has 0 radical (unpaired) electrons. The van der Waals surface area contributed by atoms with E-state index in [1.54, 1.807) is 27.7 Å². The Morgan fingerprint density at radius 2 is 1.57 bits per heavy atom. The second kappa shape index (κ2) is 18.8. The van der Waals surface area contributed by atoms with E-state index in [9.17, 15) is 33.6 Å². The van der Waals surface area contributed by atoms with Crippen molar-refractivity contribution in [1.29, 1.82) is 0 Å². The molecule has 5 atom stereocenters. The minimum atomic E-state index is -1.18. The first-order chi connectivity index (χ1) is 20.7. The summed E-state index contributed by atoms with van der Waals surface area (Å²) in [5, 5.41) is 9.99. The highest BCUT2D eigenvalue weighted by Crippen LogP contribution is 2.21. The van der Waals surface area contributed by atoms with Crippen molar-refractivity contribution >= 4 is 41.5 Å². The lowest BCUT2D eigenvalue weighted by Crippen LogP contribution is -2.57. The number of carbonyl (C=O) groups is 7. The molecule has 14 nitrogen and oxygen atoms in total. The van der Waals surface area contributed by atoms with E-state index in [0.717, 1.165) is 0 Å². The molecule has 1 fully saturated rings. The summed E-state index contributed by atoms with van der Waals surface area (Å²) in [6, 6.07) is -3.91. The number of hydrogen-bond donors (Lipinski definition) is 4. The van der Waals surface area contributed by atoms with Gasteiger partial charge in [0.2, 0.25) is 23.5 Å². The highest BCUT2D eigenvalue weighted by molar-refractivity contribution is 6.38. The van der Waals surface area contributed by atoms with E-state index in [1.807, 2.05) is 20.8 Å². The van der Waals surface area contributed by atoms with Crippen LogP contribution in [0.5, 0.6) is 0 Å². The molecule has 4 N–H and O–H groups in total. The average molecular weight is 626 g/mol. The van der Waals surface area contributed by atoms with Crippen LogP contribution in [-0.4, -0.2) is 97.3 Å². The monoisotopic (exact) mass is 625 g/mol. The largest absolute Gasteiger partial charge is 0.467 e. The van der Waals surface area contributed by atoms with Gasteiger partial charge >= 0.3 is 12.1 Å². The summed E-state index contributed by atoms with van der Waals surface area (Å²) in [6.07, 6.45) is 1.37. The van der Waals surface area contributed by atoms with E-state index in [2.05, 4.69) is 21.3 Å². The van der Waals surface area contributed by atoms with Crippen LogP contribution in [0.1, 0.15) is 80.6 Å². The van der Waals surface area contributed by atoms with Crippen LogP contribution >= 0.6 is 0 Å². The van der Waals surface area contributed by atoms with Gasteiger partial charge < -0.3 is 35.6 Å². The number of likely N-dealkylation sites (tertiary alicyclic amines) is 1. The van der Waals surface area contributed by atoms with E-state index in [0.29, 0.717) is 25.7 Å². The molecule has 1 saturated heterocycles. The molecule has 1 aliphatic heterocycles. The van der Waals surface area contributed by atoms with Gasteiger partial charge in [0, 0.05) is 6.54 Å². The Morgan fingerprint density at radius 3 is 2.11 bits per heavy atom. The standard InChI is InChI=1S/C30H51N5O9/c1-9-12-20(25(37)27(39)31-15-22(36)33-24(19(7)10-2)29(41)43-8)32-26(38)21-13-11-14-35(21)28(40)23(18(5)6)34-30(42)44-16-17(3)4/h17-21,23-24H,9-16H2,1-8H3,(H,31,39)(H,32,38)(H,33,36)(H,34,42)/t19?,20?,21?,23-,24-/m0/s1. The zero-order valence-corrected chi connectivity index (χ0v) is 27.3. The van der Waals surface area contributed by atoms with Crippen molar-refractivity contribution in [2.45, 2.75) is 105 Å². The second-order valence-corrected chi connectivity index (χ2v) is 11.9. The molecule has 250 valence electrons. The molecule has 0 saturated carbocycles. The minimum Gasteiger partial charge on any atom is -0.467 e. The van der Waals surface area contributed by atoms with Crippen LogP contribution in [-0.2, 0) is 38.2 Å². The first kappa shape index (κ1) is 38.3. The quantitative estimate of drug-likeness (QED) is 0.135. The summed E-state index contributed by atoms with van der Waals surface area (Å²) in [5.74, 6) is -4.74. The van der Waals surface area contributed by atoms with Crippen LogP contribution in [0.2, 0.25) is 0 Å². The van der Waals surface area contributed by atoms with Crippen LogP contribution in [0.4, 0.5) is 4.79 Å². The predicted octanol–water partition coefficient (Wildman–Crippen LogP) is 1.06. The van der Waals surface area contributed by atoms with Gasteiger partial charge in [0.05, 0.1) is 26.3 Å². The van der Waals surface area contributed by atoms with Crippen molar-refractivity contribution in [3.8, 4) is 0 Å². The number of nitrogens with one attached hydrogen (secondary N) is 4. The fraction of sp³-hybridized carbons (Fsp3) is 0.767. The van der Waals surface area contributed by atoms with Crippen LogP contribution in [0, 0.1) is 17.8 Å². The van der Waals surface area contributed by atoms with Crippen molar-refractivity contribution in [2.75, 3.05) is 26.8 Å². The maximum absolute atomic E-state index is 13.5. The molecule has 1 aliphatic rings. The van der Waals surface area contributed by atoms with Gasteiger partial charge in [-0.1, -0.05) is 61.3 Å². The molecule has 0 bridgehead atoms. The first-order valence-electron chi connectivity index (χ1n) is 15.4. The zero-order chi connectivity index (χ0) is 33.6. The van der Waals surface area contributed by atoms with Crippen molar-refractivity contribution in [2.24, 2.45) is 17.8 Å². The maximum Gasteiger partial charge on any atom is 0.407 e. The smallest absolute Gasteiger partial charge is 0.407 e. The fourth-order valence-corrected chi connectivity index (χ4v) is 4.66. The number of ketones is 1. The van der Waals surface area contributed by atoms with Crippen LogP contribution in [0.3, 0.4) is 0 Å². The number of carbonyl (C=O) groups excluding carboxylic acids is 7. The number of Topliss-reactive ketones (excluding diaryl/α,β-unsaturated/α-hetero) is 1. The lowest BCUT2D eigenvalue weighted by molar-refractivity contribution is -0.146. The van der Waals surface area contributed by atoms with Gasteiger partial charge in [-0.2, -0.15) is 0 Å². The number of nitrogens with zero attached hydrogens (tertiary/aromatic N) is 1. The van der Waals surface area contributed by atoms with Gasteiger partial charge in [-0.15, -0.1) is 0 Å². The summed E-state index contributed by atoms with van der Waals surface area (Å²) < 4.78 is 9.90. The minimum absolute atomic E-state index is 0.118. The average Bonchev–Trinajstić information content (AvgIpc) is 3.48. The van der Waals surface area contributed by atoms with Gasteiger partial charge in [-0.05, 0) is 37.0 Å². The Hall–Kier alpha value is -3.71. The van der Waals surface area contributed by atoms with Crippen molar-refractivity contribution in [1.82, 2.24) is 26.2 Å². The lowest BCUT2D eigenvalue weighted by Gasteiger charge is -2.31. The number of esters is 1. The Balaban J connectivity index is 2.88. The highest BCUT2D eigenvalue weighted by atomic mass is 16.5. The third-order valence-electron chi connectivity index (χ3n) is 7.42. The molecule has 0 aromatic heterocycles. The molecule has 44 heavy (non-hydrogen) atoms. The summed E-state index contributed by atoms with van der Waals surface area (Å²) in [4.78, 5) is 90.6. The van der Waals surface area contributed by atoms with Crippen molar-refractivity contribution < 1.29 is 43.0 Å². The molecule has 5 amide bonds. The van der Waals surface area contributed by atoms with E-state index >= 15 is 0 Å². The van der Waals surface area contributed by atoms with Crippen LogP contribution in [0.15, 0.2) is 0 Å². The Bertz CT molecular complexity index is 1030. The molecule has 0 aliphatic carbocycles. The predicted molar refractivity (Wildman–Crippen MR) is 161 cm³/mol. The first-order valence-corrected chi connectivity index (χ1v) is 15.4. The molecule has 3 unspecified atom stereocenters. The van der Waals surface area contributed by atoms with Gasteiger partial charge in [-0.3, -0.25) is 24.0 Å². The normalized spacial score (nSPS) is 17.2. The molecular formula is C30H51N5O9. The van der Waals surface area contributed by atoms with Crippen LogP contribution in [0.25, 0.3) is 0 Å². The molecule has 1 heterocycles. The lowest BCUT2D eigenvalue weighted by atomic mass is 9.99. The number of alkyl carbamates (subject to hydrolysis) is 1. The van der Waals surface area contributed by atoms with Gasteiger partial charge in [0.15, 0.2) is 0 Å². The SMILES string of the molecule is CCCC(NC(=O)C1CCCN1C(=O)[C@@H](NC(=O)OCC(C)C)C(C)C)C(=O)C(=O)NCC(=O)N[C@H](C(=O)OC)C(C)CC. The second-order valence-electron chi connectivity index (χ2n) is 11.9. The van der Waals surface area contributed by atoms with Gasteiger partial charge in [0.25, 0.3) is 5.91 Å². The Kier molecular flexibility index (Phi) is 16.4. The topological polar surface area (TPSA) is 189 Å². The van der Waals surface area contributed by atoms with Crippen LogP contribution < -0.4 is 21.3 Å². The fourth-order valence-electron chi connectivity index (χ4n) is 4.66. The molecule has 0 aromatic rings. The van der Waals surface area contributed by atoms with E-state index in [1.165, 1.54) is 12.0 Å². The number of hydrogen-bond acceptors (Lipinski definition) is 9. The van der Waals surface area contributed by atoms with Crippen molar-refractivity contribution in [3.05, 3.63) is 0 Å². The number of ether oxygens (including phenoxy) is 2.